The SMILES string of the molecule is Cc1ccc(Oc2nnc(C(F)(F)F)c(C)c2C(=O)Nc2cccc(S(C)(=N)=O)c2)c(C)c1F. The van der Waals surface area contributed by atoms with Gasteiger partial charge in [0.05, 0.1) is 9.73 Å². The Kier molecular flexibility index (Phi) is 6.65. The number of hydrogen-bond donors (Lipinski definition) is 2. The topological polar surface area (TPSA) is 105 Å². The molecule has 1 amide bonds. The number of nitrogens with zero attached hydrogens (tertiary/aromatic N) is 2. The van der Waals surface area contributed by atoms with E-state index in [1.165, 1.54) is 56.5 Å². The zero-order valence-electron chi connectivity index (χ0n) is 18.5. The number of aryl methyl sites for hydroxylation is 1. The first-order valence-electron chi connectivity index (χ1n) is 9.73. The second kappa shape index (κ2) is 9.01. The van der Waals surface area contributed by atoms with Crippen LogP contribution >= 0.6 is 0 Å². The van der Waals surface area contributed by atoms with Gasteiger partial charge in [0.15, 0.2) is 5.69 Å². The maximum absolute atomic E-state index is 14.3. The number of aromatic nitrogens is 2. The van der Waals surface area contributed by atoms with E-state index in [2.05, 4.69) is 15.5 Å². The molecular formula is C22H20F4N4O3S. The van der Waals surface area contributed by atoms with E-state index in [4.69, 9.17) is 9.52 Å². The highest BCUT2D eigenvalue weighted by Crippen LogP contribution is 2.36. The number of anilines is 1. The van der Waals surface area contributed by atoms with E-state index >= 15 is 0 Å². The minimum Gasteiger partial charge on any atom is -0.437 e. The van der Waals surface area contributed by atoms with Crippen LogP contribution in [0.3, 0.4) is 0 Å². The highest BCUT2D eigenvalue weighted by molar-refractivity contribution is 7.91. The van der Waals surface area contributed by atoms with Gasteiger partial charge in [-0.05, 0) is 56.2 Å². The average Bonchev–Trinajstić information content (AvgIpc) is 2.73. The molecule has 3 aromatic rings. The van der Waals surface area contributed by atoms with Gasteiger partial charge in [0, 0.05) is 22.4 Å². The highest BCUT2D eigenvalue weighted by atomic mass is 32.2. The van der Waals surface area contributed by atoms with Crippen molar-refractivity contribution >= 4 is 21.3 Å². The monoisotopic (exact) mass is 496 g/mol. The number of hydrogen-bond acceptors (Lipinski definition) is 6. The molecule has 0 fully saturated rings. The fraction of sp³-hybridized carbons (Fsp3) is 0.227. The Hall–Kier alpha value is -3.54. The van der Waals surface area contributed by atoms with E-state index in [0.29, 0.717) is 5.56 Å². The third kappa shape index (κ3) is 5.16. The first-order chi connectivity index (χ1) is 15.7. The Morgan fingerprint density at radius 3 is 2.38 bits per heavy atom. The summed E-state index contributed by atoms with van der Waals surface area (Å²) in [6.07, 6.45) is -3.70. The van der Waals surface area contributed by atoms with Crippen molar-refractivity contribution < 1.29 is 31.3 Å². The van der Waals surface area contributed by atoms with Crippen molar-refractivity contribution in [3.05, 3.63) is 70.2 Å². The molecule has 0 saturated carbocycles. The average molecular weight is 496 g/mol. The zero-order chi connectivity index (χ0) is 25.4. The van der Waals surface area contributed by atoms with Gasteiger partial charge < -0.3 is 10.1 Å². The second-order valence-corrected chi connectivity index (χ2v) is 9.76. The van der Waals surface area contributed by atoms with Crippen LogP contribution in [0.4, 0.5) is 23.2 Å². The Bertz CT molecular complexity index is 1390. The lowest BCUT2D eigenvalue weighted by Gasteiger charge is -2.17. The van der Waals surface area contributed by atoms with Gasteiger partial charge in [-0.1, -0.05) is 12.1 Å². The lowest BCUT2D eigenvalue weighted by Crippen LogP contribution is -2.21. The summed E-state index contributed by atoms with van der Waals surface area (Å²) < 4.78 is 79.9. The normalized spacial score (nSPS) is 13.3. The van der Waals surface area contributed by atoms with E-state index in [-0.39, 0.29) is 21.9 Å². The van der Waals surface area contributed by atoms with E-state index in [1.807, 2.05) is 0 Å². The summed E-state index contributed by atoms with van der Waals surface area (Å²) in [4.78, 5) is 13.2. The molecule has 34 heavy (non-hydrogen) atoms. The summed E-state index contributed by atoms with van der Waals surface area (Å²) in [5, 5.41) is 9.05. The third-order valence-electron chi connectivity index (χ3n) is 4.96. The molecule has 1 aromatic heterocycles. The standard InChI is InChI=1S/C22H20F4N4O3S/c1-11-8-9-16(12(2)18(11)23)33-21-17(13(3)19(29-30-21)22(24,25)26)20(31)28-14-6-5-7-15(10-14)34(4,27)32/h5-10,27H,1-4H3,(H,28,31). The quantitative estimate of drug-likeness (QED) is 0.445. The number of ether oxygens (including phenoxy) is 1. The molecule has 2 N–H and O–H groups in total. The van der Waals surface area contributed by atoms with Crippen LogP contribution in [0.15, 0.2) is 41.3 Å². The molecule has 0 spiro atoms. The summed E-state index contributed by atoms with van der Waals surface area (Å²) in [5.74, 6) is -2.18. The first kappa shape index (κ1) is 25.1. The van der Waals surface area contributed by atoms with Crippen molar-refractivity contribution in [3.8, 4) is 11.6 Å². The van der Waals surface area contributed by atoms with Crippen LogP contribution in [-0.2, 0) is 15.9 Å². The Morgan fingerprint density at radius 2 is 1.76 bits per heavy atom. The minimum atomic E-state index is -4.89. The lowest BCUT2D eigenvalue weighted by atomic mass is 10.1. The molecule has 0 aliphatic heterocycles. The molecule has 3 rings (SSSR count). The van der Waals surface area contributed by atoms with Gasteiger partial charge in [-0.25, -0.2) is 13.4 Å². The van der Waals surface area contributed by atoms with Gasteiger partial charge in [0.25, 0.3) is 11.8 Å². The summed E-state index contributed by atoms with van der Waals surface area (Å²) in [5.41, 5.74) is -1.98. The molecule has 0 radical (unpaired) electrons. The maximum Gasteiger partial charge on any atom is 0.435 e. The fourth-order valence-electron chi connectivity index (χ4n) is 3.13. The Balaban J connectivity index is 2.10. The zero-order valence-corrected chi connectivity index (χ0v) is 19.3. The molecule has 7 nitrogen and oxygen atoms in total. The predicted molar refractivity (Wildman–Crippen MR) is 117 cm³/mol. The molecule has 1 unspecified atom stereocenters. The minimum absolute atomic E-state index is 0.0486. The van der Waals surface area contributed by atoms with Gasteiger partial charge in [0.1, 0.15) is 17.1 Å². The third-order valence-corrected chi connectivity index (χ3v) is 6.11. The van der Waals surface area contributed by atoms with Gasteiger partial charge in [-0.2, -0.15) is 13.2 Å². The number of nitrogens with one attached hydrogen (secondary N) is 2. The molecule has 0 aliphatic carbocycles. The molecule has 180 valence electrons. The molecule has 2 aromatic carbocycles. The van der Waals surface area contributed by atoms with Crippen molar-refractivity contribution in [2.75, 3.05) is 11.6 Å². The number of rotatable bonds is 5. The smallest absolute Gasteiger partial charge is 0.435 e. The largest absolute Gasteiger partial charge is 0.437 e. The molecular weight excluding hydrogens is 476 g/mol. The number of carbonyl (C=O) groups is 1. The van der Waals surface area contributed by atoms with E-state index in [0.717, 1.165) is 6.92 Å². The van der Waals surface area contributed by atoms with Crippen LogP contribution in [0, 0.1) is 31.4 Å². The molecule has 1 atom stereocenters. The highest BCUT2D eigenvalue weighted by Gasteiger charge is 2.38. The maximum atomic E-state index is 14.3. The van der Waals surface area contributed by atoms with Crippen molar-refractivity contribution in [1.29, 1.82) is 4.78 Å². The van der Waals surface area contributed by atoms with E-state index in [9.17, 15) is 26.6 Å². The summed E-state index contributed by atoms with van der Waals surface area (Å²) >= 11 is 0. The van der Waals surface area contributed by atoms with E-state index < -0.39 is 50.3 Å². The summed E-state index contributed by atoms with van der Waals surface area (Å²) in [6, 6.07) is 8.38. The van der Waals surface area contributed by atoms with Crippen molar-refractivity contribution in [2.24, 2.45) is 0 Å². The molecule has 0 bridgehead atoms. The van der Waals surface area contributed by atoms with Crippen molar-refractivity contribution in [2.45, 2.75) is 31.8 Å². The second-order valence-electron chi connectivity index (χ2n) is 7.60. The number of alkyl halides is 3. The van der Waals surface area contributed by atoms with Crippen LogP contribution in [0.5, 0.6) is 11.6 Å². The van der Waals surface area contributed by atoms with Crippen LogP contribution in [-0.4, -0.2) is 26.6 Å². The summed E-state index contributed by atoms with van der Waals surface area (Å²) in [7, 11) is -3.10. The van der Waals surface area contributed by atoms with Crippen molar-refractivity contribution in [1.82, 2.24) is 10.2 Å². The lowest BCUT2D eigenvalue weighted by molar-refractivity contribution is -0.142. The molecule has 0 aliphatic rings. The fourth-order valence-corrected chi connectivity index (χ4v) is 3.82. The van der Waals surface area contributed by atoms with Crippen LogP contribution < -0.4 is 10.1 Å². The first-order valence-corrected chi connectivity index (χ1v) is 11.7. The van der Waals surface area contributed by atoms with Crippen LogP contribution in [0.2, 0.25) is 0 Å². The van der Waals surface area contributed by atoms with Gasteiger partial charge in [-0.3, -0.25) is 4.79 Å². The predicted octanol–water partition coefficient (Wildman–Crippen LogP) is 5.64. The number of amides is 1. The number of carbonyl (C=O) groups excluding carboxylic acids is 1. The molecule has 0 saturated heterocycles. The Labute approximate surface area is 193 Å². The van der Waals surface area contributed by atoms with Crippen LogP contribution in [0.25, 0.3) is 0 Å². The molecule has 12 heteroatoms. The summed E-state index contributed by atoms with van der Waals surface area (Å²) in [6.45, 7) is 3.99. The Morgan fingerprint density at radius 1 is 1.09 bits per heavy atom. The number of halogens is 4. The van der Waals surface area contributed by atoms with Gasteiger partial charge >= 0.3 is 6.18 Å². The molecule has 1 heterocycles. The van der Waals surface area contributed by atoms with Gasteiger partial charge in [-0.15, -0.1) is 10.2 Å². The van der Waals surface area contributed by atoms with Crippen molar-refractivity contribution in [3.63, 3.8) is 0 Å². The van der Waals surface area contributed by atoms with Crippen LogP contribution in [0.1, 0.15) is 32.7 Å². The van der Waals surface area contributed by atoms with E-state index in [1.54, 1.807) is 0 Å². The number of benzene rings is 2. The van der Waals surface area contributed by atoms with Gasteiger partial charge in [0.2, 0.25) is 0 Å².